The second-order valence-electron chi connectivity index (χ2n) is 8.48. The minimum Gasteiger partial charge on any atom is -0.487 e. The van der Waals surface area contributed by atoms with E-state index in [0.717, 1.165) is 0 Å². The average Bonchev–Trinajstić information content (AvgIpc) is 3.52. The van der Waals surface area contributed by atoms with Crippen LogP contribution in [0.3, 0.4) is 0 Å². The summed E-state index contributed by atoms with van der Waals surface area (Å²) in [5, 5.41) is 9.81. The van der Waals surface area contributed by atoms with Crippen LogP contribution in [0.4, 0.5) is 29.3 Å². The summed E-state index contributed by atoms with van der Waals surface area (Å²) < 4.78 is 71.9. The van der Waals surface area contributed by atoms with Crippen molar-refractivity contribution < 1.29 is 36.2 Å². The van der Waals surface area contributed by atoms with Crippen LogP contribution >= 0.6 is 0 Å². The number of halogens is 4. The van der Waals surface area contributed by atoms with Gasteiger partial charge >= 0.3 is 12.0 Å². The second-order valence-corrected chi connectivity index (χ2v) is 8.48. The number of fused-ring (bicyclic) bond motifs is 1. The summed E-state index contributed by atoms with van der Waals surface area (Å²) in [7, 11) is 0. The van der Waals surface area contributed by atoms with Crippen molar-refractivity contribution in [3.05, 3.63) is 47.5 Å². The maximum Gasteiger partial charge on any atom is 0.320 e. The molecule has 1 aliphatic rings. The first-order valence-electron chi connectivity index (χ1n) is 11.6. The van der Waals surface area contributed by atoms with Gasteiger partial charge in [-0.25, -0.2) is 22.5 Å². The van der Waals surface area contributed by atoms with Crippen molar-refractivity contribution in [2.45, 2.75) is 38.7 Å². The summed E-state index contributed by atoms with van der Waals surface area (Å²) in [5.74, 6) is -4.80. The number of benzene rings is 2. The highest BCUT2D eigenvalue weighted by atomic mass is 19.2. The first-order valence-corrected chi connectivity index (χ1v) is 11.6. The third-order valence-electron chi connectivity index (χ3n) is 6.03. The van der Waals surface area contributed by atoms with E-state index in [1.165, 1.54) is 6.07 Å². The molecule has 0 spiro atoms. The van der Waals surface area contributed by atoms with Crippen LogP contribution < -0.4 is 10.1 Å². The molecular formula is C24H21F4N5O4. The fourth-order valence-electron chi connectivity index (χ4n) is 4.18. The number of imidazole rings is 1. The third-order valence-corrected chi connectivity index (χ3v) is 6.03. The van der Waals surface area contributed by atoms with Crippen LogP contribution in [0, 0.1) is 29.2 Å². The maximum atomic E-state index is 15.2. The van der Waals surface area contributed by atoms with Gasteiger partial charge in [-0.2, -0.15) is 0 Å². The largest absolute Gasteiger partial charge is 0.487 e. The maximum absolute atomic E-state index is 15.2. The van der Waals surface area contributed by atoms with Gasteiger partial charge in [0.15, 0.2) is 29.0 Å². The van der Waals surface area contributed by atoms with Crippen LogP contribution in [-0.2, 0) is 9.53 Å². The molecule has 0 unspecified atom stereocenters. The van der Waals surface area contributed by atoms with Gasteiger partial charge in [0.25, 0.3) is 5.89 Å². The Morgan fingerprint density at radius 3 is 2.59 bits per heavy atom. The number of anilines is 2. The van der Waals surface area contributed by atoms with Crippen molar-refractivity contribution >= 4 is 28.7 Å². The van der Waals surface area contributed by atoms with Crippen LogP contribution in [0.25, 0.3) is 22.7 Å². The van der Waals surface area contributed by atoms with Gasteiger partial charge in [0.2, 0.25) is 0 Å². The van der Waals surface area contributed by atoms with Gasteiger partial charge in [0.05, 0.1) is 29.8 Å². The highest BCUT2D eigenvalue weighted by Crippen LogP contribution is 2.33. The van der Waals surface area contributed by atoms with Crippen molar-refractivity contribution in [1.82, 2.24) is 20.2 Å². The molecule has 194 valence electrons. The fraction of sp³-hybridized carbons (Fsp3) is 0.333. The molecule has 37 heavy (non-hydrogen) atoms. The number of rotatable bonds is 7. The van der Waals surface area contributed by atoms with Gasteiger partial charge in [-0.15, -0.1) is 5.10 Å². The Hall–Kier alpha value is -4.16. The molecule has 2 heterocycles. The Labute approximate surface area is 207 Å². The van der Waals surface area contributed by atoms with E-state index in [2.05, 4.69) is 25.5 Å². The number of H-pyrrole nitrogens is 1. The molecule has 9 nitrogen and oxygen atoms in total. The Kier molecular flexibility index (Phi) is 6.68. The monoisotopic (exact) mass is 519 g/mol. The molecule has 0 amide bonds. The van der Waals surface area contributed by atoms with Gasteiger partial charge in [-0.3, -0.25) is 4.79 Å². The minimum atomic E-state index is -1.34. The van der Waals surface area contributed by atoms with Crippen molar-refractivity contribution in [1.29, 1.82) is 0 Å². The number of carbonyl (C=O) groups excluding carboxylic acids is 1. The molecule has 0 atom stereocenters. The Bertz CT molecular complexity index is 1450. The topological polar surface area (TPSA) is 115 Å². The molecular weight excluding hydrogens is 498 g/mol. The van der Waals surface area contributed by atoms with Gasteiger partial charge in [0.1, 0.15) is 11.3 Å². The zero-order valence-corrected chi connectivity index (χ0v) is 19.5. The lowest BCUT2D eigenvalue weighted by atomic mass is 9.87. The van der Waals surface area contributed by atoms with Crippen molar-refractivity contribution in [3.63, 3.8) is 0 Å². The number of nitrogens with one attached hydrogen (secondary N) is 2. The summed E-state index contributed by atoms with van der Waals surface area (Å²) in [6.07, 6.45) is 2.13. The van der Waals surface area contributed by atoms with Gasteiger partial charge < -0.3 is 24.2 Å². The summed E-state index contributed by atoms with van der Waals surface area (Å²) in [6, 6.07) is 3.69. The third kappa shape index (κ3) is 5.06. The zero-order chi connectivity index (χ0) is 26.1. The Morgan fingerprint density at radius 1 is 1.08 bits per heavy atom. The highest BCUT2D eigenvalue weighted by molar-refractivity contribution is 5.80. The van der Waals surface area contributed by atoms with E-state index < -0.39 is 29.0 Å². The number of aromatic amines is 1. The van der Waals surface area contributed by atoms with Crippen LogP contribution in [0.2, 0.25) is 0 Å². The van der Waals surface area contributed by atoms with E-state index in [-0.39, 0.29) is 52.5 Å². The molecule has 1 fully saturated rings. The normalized spacial score (nSPS) is 17.6. The number of hydrogen-bond acceptors (Lipinski definition) is 8. The fourth-order valence-corrected chi connectivity index (χ4v) is 4.18. The first-order chi connectivity index (χ1) is 17.8. The van der Waals surface area contributed by atoms with Crippen LogP contribution in [0.15, 0.2) is 28.7 Å². The highest BCUT2D eigenvalue weighted by Gasteiger charge is 2.29. The number of carbonyl (C=O) groups is 1. The summed E-state index contributed by atoms with van der Waals surface area (Å²) in [4.78, 5) is 18.9. The quantitative estimate of drug-likeness (QED) is 0.189. The summed E-state index contributed by atoms with van der Waals surface area (Å²) >= 11 is 0. The number of nitrogens with zero attached hydrogens (tertiary/aromatic N) is 3. The predicted molar refractivity (Wildman–Crippen MR) is 122 cm³/mol. The molecule has 13 heteroatoms. The van der Waals surface area contributed by atoms with Crippen LogP contribution in [0.5, 0.6) is 5.75 Å². The Balaban J connectivity index is 1.29. The molecule has 2 N–H and O–H groups in total. The number of ether oxygens (including phenoxy) is 2. The first kappa shape index (κ1) is 24.5. The summed E-state index contributed by atoms with van der Waals surface area (Å²) in [5.41, 5.74) is -0.0971. The number of aromatic nitrogens is 4. The SMILES string of the molecule is CCOC(=O)[C@H]1CC[C@H](Oc2ccc3nc(-c4nnc(Nc5cc(F)c(F)cc5F)o4)[nH]c3c2F)CC1. The second kappa shape index (κ2) is 10.1. The molecule has 5 rings (SSSR count). The lowest BCUT2D eigenvalue weighted by molar-refractivity contribution is -0.149. The van der Waals surface area contributed by atoms with E-state index in [9.17, 15) is 18.0 Å². The van der Waals surface area contributed by atoms with E-state index in [1.54, 1.807) is 13.0 Å². The molecule has 2 aromatic heterocycles. The zero-order valence-electron chi connectivity index (χ0n) is 19.5. The van der Waals surface area contributed by atoms with E-state index >= 15 is 4.39 Å². The smallest absolute Gasteiger partial charge is 0.320 e. The van der Waals surface area contributed by atoms with Crippen molar-refractivity contribution in [2.75, 3.05) is 11.9 Å². The van der Waals surface area contributed by atoms with E-state index in [1.807, 2.05) is 0 Å². The summed E-state index contributed by atoms with van der Waals surface area (Å²) in [6.45, 7) is 2.10. The molecule has 0 saturated heterocycles. The standard InChI is InChI=1S/C24H21F4N5O4/c1-2-35-23(34)11-3-5-12(6-4-11)36-18-8-7-16-20(19(18)28)31-21(29-16)22-32-33-24(37-22)30-17-10-14(26)13(25)9-15(17)27/h7-12H,2-6H2,1H3,(H,29,31)(H,30,33)/t11-,12-. The van der Waals surface area contributed by atoms with E-state index in [0.29, 0.717) is 44.4 Å². The van der Waals surface area contributed by atoms with Crippen molar-refractivity contribution in [2.24, 2.45) is 5.92 Å². The molecule has 0 bridgehead atoms. The van der Waals surface area contributed by atoms with Gasteiger partial charge in [0, 0.05) is 12.1 Å². The predicted octanol–water partition coefficient (Wildman–Crippen LogP) is 5.41. The minimum absolute atomic E-state index is 0.0315. The lowest BCUT2D eigenvalue weighted by Crippen LogP contribution is -2.29. The van der Waals surface area contributed by atoms with E-state index in [4.69, 9.17) is 13.9 Å². The van der Waals surface area contributed by atoms with Crippen LogP contribution in [0.1, 0.15) is 32.6 Å². The lowest BCUT2D eigenvalue weighted by Gasteiger charge is -2.27. The average molecular weight is 519 g/mol. The van der Waals surface area contributed by atoms with Crippen molar-refractivity contribution in [3.8, 4) is 17.5 Å². The molecule has 1 aliphatic carbocycles. The Morgan fingerprint density at radius 2 is 1.84 bits per heavy atom. The van der Waals surface area contributed by atoms with Crippen LogP contribution in [-0.4, -0.2) is 38.8 Å². The van der Waals surface area contributed by atoms with Gasteiger partial charge in [-0.05, 0) is 44.7 Å². The molecule has 4 aromatic rings. The number of esters is 1. The molecule has 0 aliphatic heterocycles. The van der Waals surface area contributed by atoms with Gasteiger partial charge in [-0.1, -0.05) is 5.10 Å². The molecule has 2 aromatic carbocycles. The number of hydrogen-bond donors (Lipinski definition) is 2. The molecule has 0 radical (unpaired) electrons. The molecule has 1 saturated carbocycles.